The topological polar surface area (TPSA) is 82.0 Å². The van der Waals surface area contributed by atoms with Crippen molar-refractivity contribution in [3.05, 3.63) is 59.9 Å². The van der Waals surface area contributed by atoms with Crippen LogP contribution in [0.2, 0.25) is 0 Å². The van der Waals surface area contributed by atoms with Crippen molar-refractivity contribution in [2.75, 3.05) is 5.73 Å². The predicted molar refractivity (Wildman–Crippen MR) is 70.7 cm³/mol. The minimum Gasteiger partial charge on any atom is -0.398 e. The van der Waals surface area contributed by atoms with E-state index in [0.29, 0.717) is 11.3 Å². The molecule has 0 fully saturated rings. The van der Waals surface area contributed by atoms with Crippen LogP contribution < -0.4 is 11.5 Å². The molecule has 0 radical (unpaired) electrons. The SMILES string of the molecule is Nc1ccncc1CC(=O)C(N)c1ccccc1. The number of ketones is 1. The number of nitrogens with zero attached hydrogens (tertiary/aromatic N) is 1. The third kappa shape index (κ3) is 2.73. The molecular weight excluding hydrogens is 226 g/mol. The molecule has 92 valence electrons. The average Bonchev–Trinajstić information content (AvgIpc) is 2.41. The molecule has 4 N–H and O–H groups in total. The molecule has 1 unspecified atom stereocenters. The van der Waals surface area contributed by atoms with Crippen molar-refractivity contribution < 1.29 is 4.79 Å². The van der Waals surface area contributed by atoms with Crippen LogP contribution in [0, 0.1) is 0 Å². The Morgan fingerprint density at radius 3 is 2.61 bits per heavy atom. The Balaban J connectivity index is 2.12. The maximum atomic E-state index is 12.1. The molecule has 0 amide bonds. The zero-order valence-electron chi connectivity index (χ0n) is 9.91. The smallest absolute Gasteiger partial charge is 0.158 e. The molecular formula is C14H15N3O. The summed E-state index contributed by atoms with van der Waals surface area (Å²) in [5.41, 5.74) is 13.8. The van der Waals surface area contributed by atoms with Gasteiger partial charge in [0.15, 0.2) is 5.78 Å². The molecule has 0 saturated carbocycles. The van der Waals surface area contributed by atoms with Gasteiger partial charge >= 0.3 is 0 Å². The summed E-state index contributed by atoms with van der Waals surface area (Å²) in [5, 5.41) is 0. The molecule has 1 aromatic heterocycles. The lowest BCUT2D eigenvalue weighted by Gasteiger charge is -2.11. The fourth-order valence-electron chi connectivity index (χ4n) is 1.73. The Kier molecular flexibility index (Phi) is 3.69. The van der Waals surface area contributed by atoms with E-state index in [4.69, 9.17) is 11.5 Å². The van der Waals surface area contributed by atoms with Crippen molar-refractivity contribution in [1.29, 1.82) is 0 Å². The van der Waals surface area contributed by atoms with E-state index in [9.17, 15) is 4.79 Å². The minimum absolute atomic E-state index is 0.0686. The van der Waals surface area contributed by atoms with E-state index in [2.05, 4.69) is 4.98 Å². The summed E-state index contributed by atoms with van der Waals surface area (Å²) in [4.78, 5) is 16.0. The van der Waals surface area contributed by atoms with Crippen molar-refractivity contribution in [1.82, 2.24) is 4.98 Å². The number of rotatable bonds is 4. The Morgan fingerprint density at radius 1 is 1.22 bits per heavy atom. The van der Waals surface area contributed by atoms with Gasteiger partial charge in [-0.15, -0.1) is 0 Å². The van der Waals surface area contributed by atoms with Crippen LogP contribution in [0.1, 0.15) is 17.2 Å². The third-order valence-corrected chi connectivity index (χ3v) is 2.81. The molecule has 0 spiro atoms. The number of pyridine rings is 1. The molecule has 1 aromatic carbocycles. The first kappa shape index (κ1) is 12.3. The van der Waals surface area contributed by atoms with Gasteiger partial charge < -0.3 is 11.5 Å². The Labute approximate surface area is 106 Å². The summed E-state index contributed by atoms with van der Waals surface area (Å²) < 4.78 is 0. The number of hydrogen-bond acceptors (Lipinski definition) is 4. The molecule has 1 atom stereocenters. The maximum absolute atomic E-state index is 12.1. The Hall–Kier alpha value is -2.20. The third-order valence-electron chi connectivity index (χ3n) is 2.81. The first-order valence-electron chi connectivity index (χ1n) is 5.70. The van der Waals surface area contributed by atoms with E-state index in [-0.39, 0.29) is 12.2 Å². The lowest BCUT2D eigenvalue weighted by Crippen LogP contribution is -2.23. The number of Topliss-reactive ketones (excluding diaryl/α,β-unsaturated/α-hetero) is 1. The summed E-state index contributed by atoms with van der Waals surface area (Å²) in [7, 11) is 0. The molecule has 4 nitrogen and oxygen atoms in total. The maximum Gasteiger partial charge on any atom is 0.158 e. The fourth-order valence-corrected chi connectivity index (χ4v) is 1.73. The average molecular weight is 241 g/mol. The minimum atomic E-state index is -0.620. The molecule has 0 aliphatic carbocycles. The molecule has 2 aromatic rings. The van der Waals surface area contributed by atoms with Crippen molar-refractivity contribution in [2.24, 2.45) is 5.73 Å². The van der Waals surface area contributed by atoms with Gasteiger partial charge in [-0.25, -0.2) is 0 Å². The van der Waals surface area contributed by atoms with Gasteiger partial charge in [-0.05, 0) is 11.6 Å². The van der Waals surface area contributed by atoms with Gasteiger partial charge in [0.25, 0.3) is 0 Å². The van der Waals surface area contributed by atoms with Gasteiger partial charge in [0, 0.05) is 30.1 Å². The molecule has 1 heterocycles. The first-order chi connectivity index (χ1) is 8.68. The van der Waals surface area contributed by atoms with E-state index in [1.807, 2.05) is 30.3 Å². The lowest BCUT2D eigenvalue weighted by atomic mass is 9.98. The highest BCUT2D eigenvalue weighted by atomic mass is 16.1. The molecule has 0 aliphatic rings. The highest BCUT2D eigenvalue weighted by Gasteiger charge is 2.16. The molecule has 0 saturated heterocycles. The number of nitrogen functional groups attached to an aromatic ring is 1. The molecule has 0 bridgehead atoms. The number of hydrogen-bond donors (Lipinski definition) is 2. The monoisotopic (exact) mass is 241 g/mol. The number of benzene rings is 1. The second kappa shape index (κ2) is 5.42. The van der Waals surface area contributed by atoms with E-state index in [1.54, 1.807) is 18.5 Å². The van der Waals surface area contributed by atoms with Gasteiger partial charge in [0.05, 0.1) is 6.04 Å². The van der Waals surface area contributed by atoms with E-state index >= 15 is 0 Å². The number of anilines is 1. The van der Waals surface area contributed by atoms with Crippen LogP contribution in [0.15, 0.2) is 48.8 Å². The summed E-state index contributed by atoms with van der Waals surface area (Å²) in [6.45, 7) is 0. The second-order valence-corrected chi connectivity index (χ2v) is 4.11. The van der Waals surface area contributed by atoms with Crippen molar-refractivity contribution in [2.45, 2.75) is 12.5 Å². The molecule has 2 rings (SSSR count). The molecule has 4 heteroatoms. The van der Waals surface area contributed by atoms with Gasteiger partial charge in [0.2, 0.25) is 0 Å². The van der Waals surface area contributed by atoms with E-state index in [1.165, 1.54) is 0 Å². The number of carbonyl (C=O) groups is 1. The predicted octanol–water partition coefficient (Wildman–Crippen LogP) is 1.48. The van der Waals surface area contributed by atoms with Crippen molar-refractivity contribution in [3.63, 3.8) is 0 Å². The number of aromatic nitrogens is 1. The second-order valence-electron chi connectivity index (χ2n) is 4.11. The number of nitrogens with two attached hydrogens (primary N) is 2. The summed E-state index contributed by atoms with van der Waals surface area (Å²) in [6, 6.07) is 10.4. The van der Waals surface area contributed by atoms with Gasteiger partial charge in [-0.1, -0.05) is 30.3 Å². The molecule has 0 aliphatic heterocycles. The Bertz CT molecular complexity index is 540. The Morgan fingerprint density at radius 2 is 1.94 bits per heavy atom. The standard InChI is InChI=1S/C14H15N3O/c15-12-6-7-17-9-11(12)8-13(18)14(16)10-4-2-1-3-5-10/h1-7,9,14H,8,16H2,(H2,15,17). The van der Waals surface area contributed by atoms with E-state index in [0.717, 1.165) is 5.56 Å². The zero-order chi connectivity index (χ0) is 13.0. The first-order valence-corrected chi connectivity index (χ1v) is 5.70. The van der Waals surface area contributed by atoms with Crippen molar-refractivity contribution >= 4 is 11.5 Å². The quantitative estimate of drug-likeness (QED) is 0.849. The van der Waals surface area contributed by atoms with Crippen LogP contribution in [-0.2, 0) is 11.2 Å². The molecule has 18 heavy (non-hydrogen) atoms. The normalized spacial score (nSPS) is 12.1. The van der Waals surface area contributed by atoms with Gasteiger partial charge in [-0.2, -0.15) is 0 Å². The summed E-state index contributed by atoms with van der Waals surface area (Å²) in [5.74, 6) is -0.0686. The van der Waals surface area contributed by atoms with Crippen LogP contribution in [0.3, 0.4) is 0 Å². The highest BCUT2D eigenvalue weighted by molar-refractivity contribution is 5.87. The van der Waals surface area contributed by atoms with Crippen LogP contribution in [0.4, 0.5) is 5.69 Å². The van der Waals surface area contributed by atoms with Gasteiger partial charge in [-0.3, -0.25) is 9.78 Å². The summed E-state index contributed by atoms with van der Waals surface area (Å²) >= 11 is 0. The van der Waals surface area contributed by atoms with Crippen LogP contribution >= 0.6 is 0 Å². The fraction of sp³-hybridized carbons (Fsp3) is 0.143. The zero-order valence-corrected chi connectivity index (χ0v) is 9.91. The summed E-state index contributed by atoms with van der Waals surface area (Å²) in [6.07, 6.45) is 3.40. The van der Waals surface area contributed by atoms with Crippen LogP contribution in [0.5, 0.6) is 0 Å². The largest absolute Gasteiger partial charge is 0.398 e. The lowest BCUT2D eigenvalue weighted by molar-refractivity contribution is -0.119. The van der Waals surface area contributed by atoms with Crippen LogP contribution in [0.25, 0.3) is 0 Å². The van der Waals surface area contributed by atoms with Crippen LogP contribution in [-0.4, -0.2) is 10.8 Å². The van der Waals surface area contributed by atoms with Crippen molar-refractivity contribution in [3.8, 4) is 0 Å². The van der Waals surface area contributed by atoms with E-state index < -0.39 is 6.04 Å². The number of carbonyl (C=O) groups excluding carboxylic acids is 1. The van der Waals surface area contributed by atoms with Gasteiger partial charge in [0.1, 0.15) is 0 Å². The highest BCUT2D eigenvalue weighted by Crippen LogP contribution is 2.16.